The molecule has 2 aromatic rings. The molecule has 0 saturated carbocycles. The summed E-state index contributed by atoms with van der Waals surface area (Å²) in [6, 6.07) is 11.8. The summed E-state index contributed by atoms with van der Waals surface area (Å²) in [4.78, 5) is 12.7. The molecule has 2 aromatic carbocycles. The first-order valence-corrected chi connectivity index (χ1v) is 11.0. The quantitative estimate of drug-likeness (QED) is 0.710. The van der Waals surface area contributed by atoms with Crippen LogP contribution in [0.4, 0.5) is 0 Å². The van der Waals surface area contributed by atoms with E-state index in [1.165, 1.54) is 19.2 Å². The van der Waals surface area contributed by atoms with Crippen LogP contribution in [0.5, 0.6) is 5.75 Å². The summed E-state index contributed by atoms with van der Waals surface area (Å²) < 4.78 is 31.7. The molecule has 2 rings (SSSR count). The van der Waals surface area contributed by atoms with Crippen molar-refractivity contribution in [3.8, 4) is 5.75 Å². The van der Waals surface area contributed by atoms with E-state index < -0.39 is 10.0 Å². The highest BCUT2D eigenvalue weighted by atomic mass is 32.2. The molecule has 7 heteroatoms. The normalized spacial score (nSPS) is 12.8. The zero-order valence-corrected chi connectivity index (χ0v) is 18.7. The van der Waals surface area contributed by atoms with Crippen LogP contribution >= 0.6 is 0 Å². The van der Waals surface area contributed by atoms with E-state index in [-0.39, 0.29) is 29.3 Å². The van der Waals surface area contributed by atoms with Gasteiger partial charge in [0.25, 0.3) is 0 Å². The van der Waals surface area contributed by atoms with Crippen LogP contribution in [0.25, 0.3) is 0 Å². The Kier molecular flexibility index (Phi) is 7.43. The van der Waals surface area contributed by atoms with Crippen molar-refractivity contribution >= 4 is 15.9 Å². The van der Waals surface area contributed by atoms with Crippen molar-refractivity contribution in [2.75, 3.05) is 20.7 Å². The Morgan fingerprint density at radius 2 is 1.72 bits per heavy atom. The molecule has 6 nitrogen and oxygen atoms in total. The zero-order valence-electron chi connectivity index (χ0n) is 17.9. The average Bonchev–Trinajstić information content (AvgIpc) is 2.67. The second-order valence-electron chi connectivity index (χ2n) is 7.47. The second kappa shape index (κ2) is 9.41. The minimum absolute atomic E-state index is 0.163. The largest absolute Gasteiger partial charge is 0.496 e. The number of carbonyl (C=O) groups is 1. The first-order valence-electron chi connectivity index (χ1n) is 9.57. The van der Waals surface area contributed by atoms with Gasteiger partial charge in [0.2, 0.25) is 15.9 Å². The Morgan fingerprint density at radius 3 is 2.28 bits per heavy atom. The minimum atomic E-state index is -3.71. The number of rotatable bonds is 8. The van der Waals surface area contributed by atoms with E-state index in [0.29, 0.717) is 0 Å². The number of likely N-dealkylation sites (N-methyl/N-ethyl adjacent to an activating group) is 1. The molecule has 1 N–H and O–H groups in total. The maximum absolute atomic E-state index is 12.6. The van der Waals surface area contributed by atoms with Gasteiger partial charge in [-0.2, -0.15) is 4.31 Å². The Hall–Kier alpha value is -2.38. The number of hydrogen-bond acceptors (Lipinski definition) is 4. The molecule has 0 aliphatic carbocycles. The standard InChI is InChI=1S/C22H30N2O4S/c1-15(2)19-13-20(16(3)12-21(19)28-6)17(4)23-22(25)14-24(5)29(26,27)18-10-8-7-9-11-18/h7-13,15,17H,14H2,1-6H3,(H,23,25)/t17-/m0/s1. The van der Waals surface area contributed by atoms with Crippen LogP contribution in [0, 0.1) is 6.92 Å². The van der Waals surface area contributed by atoms with Crippen LogP contribution in [-0.2, 0) is 14.8 Å². The SMILES string of the molecule is COc1cc(C)c([C@H](C)NC(=O)CN(C)S(=O)(=O)c2ccccc2)cc1C(C)C. The topological polar surface area (TPSA) is 75.7 Å². The summed E-state index contributed by atoms with van der Waals surface area (Å²) in [5.41, 5.74) is 3.05. The van der Waals surface area contributed by atoms with Crippen LogP contribution in [-0.4, -0.2) is 39.3 Å². The summed E-state index contributed by atoms with van der Waals surface area (Å²) in [7, 11) is -0.661. The number of methoxy groups -OCH3 is 1. The Morgan fingerprint density at radius 1 is 1.10 bits per heavy atom. The molecule has 0 saturated heterocycles. The molecule has 158 valence electrons. The maximum Gasteiger partial charge on any atom is 0.243 e. The van der Waals surface area contributed by atoms with E-state index in [1.54, 1.807) is 25.3 Å². The van der Waals surface area contributed by atoms with Crippen molar-refractivity contribution < 1.29 is 17.9 Å². The van der Waals surface area contributed by atoms with Gasteiger partial charge in [0.05, 0.1) is 24.6 Å². The highest BCUT2D eigenvalue weighted by molar-refractivity contribution is 7.89. The van der Waals surface area contributed by atoms with E-state index in [1.807, 2.05) is 26.0 Å². The summed E-state index contributed by atoms with van der Waals surface area (Å²) in [5, 5.41) is 2.91. The minimum Gasteiger partial charge on any atom is -0.496 e. The molecule has 0 aromatic heterocycles. The zero-order chi connectivity index (χ0) is 21.8. The lowest BCUT2D eigenvalue weighted by molar-refractivity contribution is -0.121. The van der Waals surface area contributed by atoms with E-state index in [4.69, 9.17) is 4.74 Å². The predicted octanol–water partition coefficient (Wildman–Crippen LogP) is 3.62. The molecule has 1 amide bonds. The van der Waals surface area contributed by atoms with Crippen molar-refractivity contribution in [2.45, 2.75) is 44.6 Å². The monoisotopic (exact) mass is 418 g/mol. The first-order chi connectivity index (χ1) is 13.6. The van der Waals surface area contributed by atoms with Gasteiger partial charge in [0.15, 0.2) is 0 Å². The van der Waals surface area contributed by atoms with Crippen LogP contribution < -0.4 is 10.1 Å². The molecule has 0 bridgehead atoms. The van der Waals surface area contributed by atoms with Gasteiger partial charge in [-0.15, -0.1) is 0 Å². The van der Waals surface area contributed by atoms with Gasteiger partial charge in [0, 0.05) is 7.05 Å². The van der Waals surface area contributed by atoms with Crippen molar-refractivity contribution in [3.05, 3.63) is 59.2 Å². The Bertz CT molecular complexity index is 956. The highest BCUT2D eigenvalue weighted by Crippen LogP contribution is 2.32. The number of amides is 1. The van der Waals surface area contributed by atoms with Crippen molar-refractivity contribution in [1.29, 1.82) is 0 Å². The molecular weight excluding hydrogens is 388 g/mol. The molecule has 0 fully saturated rings. The molecular formula is C22H30N2O4S. The third-order valence-corrected chi connectivity index (χ3v) is 6.72. The van der Waals surface area contributed by atoms with Gasteiger partial charge in [-0.05, 0) is 60.7 Å². The van der Waals surface area contributed by atoms with Crippen LogP contribution in [0.3, 0.4) is 0 Å². The van der Waals surface area contributed by atoms with Crippen molar-refractivity contribution in [2.24, 2.45) is 0 Å². The van der Waals surface area contributed by atoms with Crippen LogP contribution in [0.1, 0.15) is 49.4 Å². The Balaban J connectivity index is 2.14. The highest BCUT2D eigenvalue weighted by Gasteiger charge is 2.24. The number of ether oxygens (including phenoxy) is 1. The number of hydrogen-bond donors (Lipinski definition) is 1. The number of nitrogens with zero attached hydrogens (tertiary/aromatic N) is 1. The fourth-order valence-corrected chi connectivity index (χ4v) is 4.38. The number of nitrogens with one attached hydrogen (secondary N) is 1. The second-order valence-corrected chi connectivity index (χ2v) is 9.51. The molecule has 0 heterocycles. The summed E-state index contributed by atoms with van der Waals surface area (Å²) in [6.45, 7) is 7.78. The van der Waals surface area contributed by atoms with Gasteiger partial charge in [-0.25, -0.2) is 8.42 Å². The van der Waals surface area contributed by atoms with E-state index in [0.717, 1.165) is 26.7 Å². The summed E-state index contributed by atoms with van der Waals surface area (Å²) in [5.74, 6) is 0.739. The molecule has 0 unspecified atom stereocenters. The summed E-state index contributed by atoms with van der Waals surface area (Å²) in [6.07, 6.45) is 0. The van der Waals surface area contributed by atoms with Gasteiger partial charge in [0.1, 0.15) is 5.75 Å². The van der Waals surface area contributed by atoms with E-state index in [9.17, 15) is 13.2 Å². The van der Waals surface area contributed by atoms with E-state index in [2.05, 4.69) is 19.2 Å². The van der Waals surface area contributed by atoms with Gasteiger partial charge < -0.3 is 10.1 Å². The molecule has 29 heavy (non-hydrogen) atoms. The molecule has 0 aliphatic heterocycles. The molecule has 0 radical (unpaired) electrons. The third-order valence-electron chi connectivity index (χ3n) is 4.90. The number of carbonyl (C=O) groups excluding carboxylic acids is 1. The fraction of sp³-hybridized carbons (Fsp3) is 0.409. The lowest BCUT2D eigenvalue weighted by atomic mass is 9.93. The molecule has 1 atom stereocenters. The van der Waals surface area contributed by atoms with Crippen molar-refractivity contribution in [3.63, 3.8) is 0 Å². The van der Waals surface area contributed by atoms with Crippen molar-refractivity contribution in [1.82, 2.24) is 9.62 Å². The lowest BCUT2D eigenvalue weighted by Gasteiger charge is -2.22. The average molecular weight is 419 g/mol. The van der Waals surface area contributed by atoms with E-state index >= 15 is 0 Å². The molecule has 0 spiro atoms. The fourth-order valence-electron chi connectivity index (χ4n) is 3.23. The lowest BCUT2D eigenvalue weighted by Crippen LogP contribution is -2.39. The van der Waals surface area contributed by atoms with Gasteiger partial charge >= 0.3 is 0 Å². The summed E-state index contributed by atoms with van der Waals surface area (Å²) >= 11 is 0. The third kappa shape index (κ3) is 5.36. The smallest absolute Gasteiger partial charge is 0.243 e. The molecule has 0 aliphatic rings. The van der Waals surface area contributed by atoms with Crippen LogP contribution in [0.15, 0.2) is 47.4 Å². The maximum atomic E-state index is 12.6. The number of sulfonamides is 1. The Labute approximate surface area is 173 Å². The van der Waals surface area contributed by atoms with Gasteiger partial charge in [-0.3, -0.25) is 4.79 Å². The first kappa shape index (κ1) is 22.9. The van der Waals surface area contributed by atoms with Gasteiger partial charge in [-0.1, -0.05) is 32.0 Å². The predicted molar refractivity (Wildman–Crippen MR) is 115 cm³/mol. The number of aryl methyl sites for hydroxylation is 1. The van der Waals surface area contributed by atoms with Crippen LogP contribution in [0.2, 0.25) is 0 Å². The number of benzene rings is 2.